The van der Waals surface area contributed by atoms with E-state index in [1.807, 2.05) is 6.07 Å². The van der Waals surface area contributed by atoms with E-state index in [4.69, 9.17) is 5.11 Å². The third-order valence-corrected chi connectivity index (χ3v) is 4.98. The Kier molecular flexibility index (Phi) is 4.00. The van der Waals surface area contributed by atoms with Crippen LogP contribution in [-0.2, 0) is 6.61 Å². The molecule has 3 heteroatoms. The molecule has 2 unspecified atom stereocenters. The minimum absolute atomic E-state index is 0.128. The van der Waals surface area contributed by atoms with Gasteiger partial charge in [-0.1, -0.05) is 19.1 Å². The van der Waals surface area contributed by atoms with Crippen LogP contribution in [0.4, 0.5) is 5.69 Å². The lowest BCUT2D eigenvalue weighted by Gasteiger charge is -2.40. The molecule has 0 bridgehead atoms. The van der Waals surface area contributed by atoms with E-state index in [-0.39, 0.29) is 6.61 Å². The quantitative estimate of drug-likeness (QED) is 0.874. The van der Waals surface area contributed by atoms with Crippen molar-refractivity contribution in [3.05, 3.63) is 29.3 Å². The second-order valence-electron chi connectivity index (χ2n) is 4.79. The summed E-state index contributed by atoms with van der Waals surface area (Å²) in [7, 11) is 0. The molecule has 0 spiro atoms. The smallest absolute Gasteiger partial charge is 0.0681 e. The predicted molar refractivity (Wildman–Crippen MR) is 75.8 cm³/mol. The summed E-state index contributed by atoms with van der Waals surface area (Å²) in [6.45, 7) is 7.99. The average molecular weight is 251 g/mol. The Balaban J connectivity index is 2.27. The van der Waals surface area contributed by atoms with E-state index >= 15 is 0 Å². The van der Waals surface area contributed by atoms with Gasteiger partial charge in [0.2, 0.25) is 0 Å². The van der Waals surface area contributed by atoms with Gasteiger partial charge >= 0.3 is 0 Å². The number of aliphatic hydroxyl groups excluding tert-OH is 1. The molecule has 17 heavy (non-hydrogen) atoms. The summed E-state index contributed by atoms with van der Waals surface area (Å²) < 4.78 is 0. The van der Waals surface area contributed by atoms with E-state index in [1.165, 1.54) is 17.0 Å². The maximum atomic E-state index is 9.14. The molecule has 0 aromatic heterocycles. The lowest BCUT2D eigenvalue weighted by atomic mass is 10.1. The van der Waals surface area contributed by atoms with Crippen molar-refractivity contribution in [2.75, 3.05) is 17.2 Å². The number of aliphatic hydroxyl groups is 1. The van der Waals surface area contributed by atoms with Crippen LogP contribution >= 0.6 is 11.8 Å². The largest absolute Gasteiger partial charge is 0.392 e. The lowest BCUT2D eigenvalue weighted by Crippen LogP contribution is -2.45. The summed E-state index contributed by atoms with van der Waals surface area (Å²) in [6.07, 6.45) is 0. The molecule has 1 aliphatic rings. The van der Waals surface area contributed by atoms with Crippen molar-refractivity contribution in [2.45, 2.75) is 38.7 Å². The maximum Gasteiger partial charge on any atom is 0.0681 e. The highest BCUT2D eigenvalue weighted by Gasteiger charge is 2.26. The molecule has 0 amide bonds. The molecule has 2 nitrogen and oxygen atoms in total. The summed E-state index contributed by atoms with van der Waals surface area (Å²) in [5.74, 6) is 1.20. The van der Waals surface area contributed by atoms with Gasteiger partial charge in [0.1, 0.15) is 0 Å². The van der Waals surface area contributed by atoms with Gasteiger partial charge in [-0.25, -0.2) is 0 Å². The van der Waals surface area contributed by atoms with Crippen LogP contribution in [0.2, 0.25) is 0 Å². The molecular weight excluding hydrogens is 230 g/mol. The number of rotatable bonds is 2. The van der Waals surface area contributed by atoms with Gasteiger partial charge in [-0.3, -0.25) is 0 Å². The molecular formula is C14H21NOS. The van der Waals surface area contributed by atoms with Gasteiger partial charge in [0.05, 0.1) is 6.61 Å². The van der Waals surface area contributed by atoms with Crippen molar-refractivity contribution in [1.82, 2.24) is 0 Å². The fourth-order valence-corrected chi connectivity index (χ4v) is 3.51. The summed E-state index contributed by atoms with van der Waals surface area (Å²) in [4.78, 5) is 2.50. The van der Waals surface area contributed by atoms with Gasteiger partial charge in [-0.15, -0.1) is 0 Å². The van der Waals surface area contributed by atoms with E-state index in [0.717, 1.165) is 12.1 Å². The van der Waals surface area contributed by atoms with E-state index in [1.54, 1.807) is 0 Å². The highest BCUT2D eigenvalue weighted by Crippen LogP contribution is 2.31. The minimum atomic E-state index is 0.128. The van der Waals surface area contributed by atoms with Crippen molar-refractivity contribution in [2.24, 2.45) is 0 Å². The van der Waals surface area contributed by atoms with Crippen molar-refractivity contribution in [3.8, 4) is 0 Å². The number of hydrogen-bond acceptors (Lipinski definition) is 3. The van der Waals surface area contributed by atoms with Gasteiger partial charge in [0.15, 0.2) is 0 Å². The average Bonchev–Trinajstić information content (AvgIpc) is 2.33. The van der Waals surface area contributed by atoms with Crippen LogP contribution in [0.15, 0.2) is 18.2 Å². The van der Waals surface area contributed by atoms with Crippen LogP contribution in [0.5, 0.6) is 0 Å². The first kappa shape index (κ1) is 12.8. The van der Waals surface area contributed by atoms with Gasteiger partial charge in [-0.05, 0) is 31.0 Å². The summed E-state index contributed by atoms with van der Waals surface area (Å²) >= 11 is 2.06. The molecule has 0 aliphatic carbocycles. The minimum Gasteiger partial charge on any atom is -0.392 e. The standard InChI is InChI=1S/C14H21NOS/c1-10-8-13(9-16)4-5-14(10)15-6-7-17-12(3)11(15)2/h4-5,8,11-12,16H,6-7,9H2,1-3H3. The Morgan fingerprint density at radius 3 is 2.82 bits per heavy atom. The summed E-state index contributed by atoms with van der Waals surface area (Å²) in [6, 6.07) is 6.85. The zero-order chi connectivity index (χ0) is 12.4. The molecule has 1 heterocycles. The fourth-order valence-electron chi connectivity index (χ4n) is 2.41. The number of aryl methyl sites for hydroxylation is 1. The number of benzene rings is 1. The van der Waals surface area contributed by atoms with Crippen molar-refractivity contribution >= 4 is 17.4 Å². The Morgan fingerprint density at radius 2 is 2.18 bits per heavy atom. The first-order valence-electron chi connectivity index (χ1n) is 6.22. The van der Waals surface area contributed by atoms with E-state index in [0.29, 0.717) is 11.3 Å². The predicted octanol–water partition coefficient (Wildman–Crippen LogP) is 2.82. The van der Waals surface area contributed by atoms with E-state index < -0.39 is 0 Å². The molecule has 2 rings (SSSR count). The van der Waals surface area contributed by atoms with Crippen molar-refractivity contribution < 1.29 is 5.11 Å². The van der Waals surface area contributed by atoms with Crippen LogP contribution in [-0.4, -0.2) is 28.7 Å². The Labute approximate surface area is 108 Å². The molecule has 1 N–H and O–H groups in total. The monoisotopic (exact) mass is 251 g/mol. The first-order valence-corrected chi connectivity index (χ1v) is 7.27. The molecule has 1 aliphatic heterocycles. The normalized spacial score (nSPS) is 25.1. The number of nitrogens with zero attached hydrogens (tertiary/aromatic N) is 1. The van der Waals surface area contributed by atoms with Gasteiger partial charge in [0.25, 0.3) is 0 Å². The van der Waals surface area contributed by atoms with Crippen LogP contribution < -0.4 is 4.90 Å². The third-order valence-electron chi connectivity index (χ3n) is 3.64. The van der Waals surface area contributed by atoms with Gasteiger partial charge in [-0.2, -0.15) is 11.8 Å². The van der Waals surface area contributed by atoms with Crippen molar-refractivity contribution in [3.63, 3.8) is 0 Å². The van der Waals surface area contributed by atoms with Crippen molar-refractivity contribution in [1.29, 1.82) is 0 Å². The second kappa shape index (κ2) is 5.32. The Hall–Kier alpha value is -0.670. The molecule has 94 valence electrons. The van der Waals surface area contributed by atoms with Gasteiger partial charge < -0.3 is 10.0 Å². The molecule has 1 saturated heterocycles. The fraction of sp³-hybridized carbons (Fsp3) is 0.571. The second-order valence-corrected chi connectivity index (χ2v) is 6.27. The number of anilines is 1. The number of thioether (sulfide) groups is 1. The Bertz CT molecular complexity index is 394. The first-order chi connectivity index (χ1) is 8.13. The van der Waals surface area contributed by atoms with Crippen LogP contribution in [0.1, 0.15) is 25.0 Å². The Morgan fingerprint density at radius 1 is 1.41 bits per heavy atom. The summed E-state index contributed by atoms with van der Waals surface area (Å²) in [5.41, 5.74) is 3.59. The van der Waals surface area contributed by atoms with Gasteiger partial charge in [0, 0.05) is 29.3 Å². The molecule has 2 atom stereocenters. The molecule has 1 aromatic carbocycles. The lowest BCUT2D eigenvalue weighted by molar-refractivity contribution is 0.282. The SMILES string of the molecule is Cc1cc(CO)ccc1N1CCSC(C)C1C. The van der Waals surface area contributed by atoms with E-state index in [9.17, 15) is 0 Å². The highest BCUT2D eigenvalue weighted by atomic mass is 32.2. The summed E-state index contributed by atoms with van der Waals surface area (Å²) in [5, 5.41) is 9.82. The van der Waals surface area contributed by atoms with Crippen LogP contribution in [0, 0.1) is 6.92 Å². The molecule has 1 aromatic rings. The molecule has 0 radical (unpaired) electrons. The van der Waals surface area contributed by atoms with Crippen LogP contribution in [0.25, 0.3) is 0 Å². The van der Waals surface area contributed by atoms with E-state index in [2.05, 4.69) is 49.6 Å². The maximum absolute atomic E-state index is 9.14. The topological polar surface area (TPSA) is 23.5 Å². The molecule has 0 saturated carbocycles. The zero-order valence-electron chi connectivity index (χ0n) is 10.8. The molecule has 1 fully saturated rings. The van der Waals surface area contributed by atoms with Crippen LogP contribution in [0.3, 0.4) is 0 Å². The number of hydrogen-bond donors (Lipinski definition) is 1. The zero-order valence-corrected chi connectivity index (χ0v) is 11.6. The third kappa shape index (κ3) is 2.61. The highest BCUT2D eigenvalue weighted by molar-refractivity contribution is 8.00.